The van der Waals surface area contributed by atoms with Crippen molar-refractivity contribution in [3.05, 3.63) is 328 Å². The Morgan fingerprint density at radius 2 is 0.811 bits per heavy atom. The quantitative estimate of drug-likeness (QED) is 0.126. The first kappa shape index (κ1) is 54.1. The highest BCUT2D eigenvalue weighted by molar-refractivity contribution is 7.00. The first-order valence-electron chi connectivity index (χ1n) is 32.2. The monoisotopic (exact) mass is 1210 g/mol. The van der Waals surface area contributed by atoms with E-state index in [1.807, 2.05) is 30.3 Å². The third kappa shape index (κ3) is 8.85. The van der Waals surface area contributed by atoms with Crippen molar-refractivity contribution in [3.8, 4) is 84.6 Å². The first-order chi connectivity index (χ1) is 47.1. The van der Waals surface area contributed by atoms with Gasteiger partial charge in [-0.05, 0) is 119 Å². The zero-order valence-electron chi connectivity index (χ0n) is 51.3. The van der Waals surface area contributed by atoms with E-state index in [2.05, 4.69) is 312 Å². The van der Waals surface area contributed by atoms with Crippen LogP contribution in [-0.4, -0.2) is 31.2 Å². The van der Waals surface area contributed by atoms with Crippen LogP contribution in [-0.2, 0) is 0 Å². The topological polar surface area (TPSA) is 76.1 Å². The van der Waals surface area contributed by atoms with Crippen LogP contribution in [0.15, 0.2) is 332 Å². The standard InChI is InChI=1S/C86H54BN7O/c1-6-25-55(26-7-1)70-53-72(90-85(88-70)57-29-10-3-11-30-57)59-45-48-75(94-74-41-20-16-38-66(74)81-78(94)49-47-65-64-37-17-23-44-80(64)95-84(65)81)67(52-59)73-54-71(56-27-8-2-9-28-56)89-86(91-73)60-32-24-31-58(51-60)63-46-50-79-82-83(63)93(62-35-14-5-15-36-62)77-43-22-19-40-69(77)87(82)68-39-18-21-42-76(68)92(79)61-33-12-4-13-34-61/h1-54H. The minimum Gasteiger partial charge on any atom is -0.455 e. The number of benzene rings is 13. The van der Waals surface area contributed by atoms with Crippen molar-refractivity contribution in [2.45, 2.75) is 0 Å². The zero-order valence-corrected chi connectivity index (χ0v) is 51.3. The third-order valence-electron chi connectivity index (χ3n) is 19.0. The van der Waals surface area contributed by atoms with E-state index in [-0.39, 0.29) is 6.71 Å². The van der Waals surface area contributed by atoms with E-state index in [1.54, 1.807) is 0 Å². The predicted molar refractivity (Wildman–Crippen MR) is 391 cm³/mol. The van der Waals surface area contributed by atoms with Gasteiger partial charge in [0.25, 0.3) is 6.71 Å². The maximum absolute atomic E-state index is 6.86. The maximum atomic E-state index is 6.86. The molecule has 8 nitrogen and oxygen atoms in total. The van der Waals surface area contributed by atoms with Crippen LogP contribution in [0, 0.1) is 0 Å². The molecule has 0 unspecified atom stereocenters. The molecule has 0 saturated heterocycles. The Hall–Kier alpha value is -12.7. The van der Waals surface area contributed by atoms with Crippen molar-refractivity contribution >= 4 is 101 Å². The lowest BCUT2D eigenvalue weighted by Crippen LogP contribution is -2.61. The molecule has 0 saturated carbocycles. The molecule has 0 spiro atoms. The summed E-state index contributed by atoms with van der Waals surface area (Å²) in [6.45, 7) is -0.0506. The molecule has 0 fully saturated rings. The lowest BCUT2D eigenvalue weighted by atomic mass is 9.33. The summed E-state index contributed by atoms with van der Waals surface area (Å²) in [5.74, 6) is 1.22. The van der Waals surface area contributed by atoms with E-state index in [0.29, 0.717) is 11.6 Å². The number of furan rings is 1. The highest BCUT2D eigenvalue weighted by Gasteiger charge is 2.44. The lowest BCUT2D eigenvalue weighted by molar-refractivity contribution is 0.673. The van der Waals surface area contributed by atoms with Crippen LogP contribution in [0.25, 0.3) is 128 Å². The van der Waals surface area contributed by atoms with Crippen LogP contribution < -0.4 is 26.2 Å². The summed E-state index contributed by atoms with van der Waals surface area (Å²) in [7, 11) is 0. The molecule has 442 valence electrons. The van der Waals surface area contributed by atoms with Gasteiger partial charge >= 0.3 is 0 Å². The summed E-state index contributed by atoms with van der Waals surface area (Å²) < 4.78 is 9.24. The van der Waals surface area contributed by atoms with Gasteiger partial charge in [0, 0.05) is 83.5 Å². The van der Waals surface area contributed by atoms with E-state index in [1.165, 1.54) is 22.1 Å². The summed E-state index contributed by atoms with van der Waals surface area (Å²) in [6, 6.07) is 116. The lowest BCUT2D eigenvalue weighted by Gasteiger charge is -2.45. The van der Waals surface area contributed by atoms with E-state index < -0.39 is 0 Å². The van der Waals surface area contributed by atoms with Gasteiger partial charge in [0.15, 0.2) is 11.6 Å². The van der Waals surface area contributed by atoms with E-state index in [0.717, 1.165) is 145 Å². The molecule has 0 atom stereocenters. The predicted octanol–water partition coefficient (Wildman–Crippen LogP) is 20.0. The molecule has 4 aromatic heterocycles. The summed E-state index contributed by atoms with van der Waals surface area (Å²) in [5, 5.41) is 4.29. The molecule has 9 heteroatoms. The normalized spacial score (nSPS) is 12.4. The van der Waals surface area contributed by atoms with E-state index in [9.17, 15) is 0 Å². The minimum absolute atomic E-state index is 0.0506. The Labute approximate surface area is 548 Å². The second-order valence-corrected chi connectivity index (χ2v) is 24.4. The van der Waals surface area contributed by atoms with Gasteiger partial charge in [0.2, 0.25) is 0 Å². The van der Waals surface area contributed by atoms with Gasteiger partial charge in [-0.25, -0.2) is 19.9 Å². The summed E-state index contributed by atoms with van der Waals surface area (Å²) >= 11 is 0. The van der Waals surface area contributed by atoms with Crippen LogP contribution >= 0.6 is 0 Å². The molecule has 6 heterocycles. The first-order valence-corrected chi connectivity index (χ1v) is 32.2. The van der Waals surface area contributed by atoms with E-state index in [4.69, 9.17) is 24.4 Å². The van der Waals surface area contributed by atoms with Crippen molar-refractivity contribution in [2.75, 3.05) is 9.80 Å². The number of fused-ring (bicyclic) bond motifs is 11. The van der Waals surface area contributed by atoms with Gasteiger partial charge in [0.05, 0.1) is 50.6 Å². The van der Waals surface area contributed by atoms with Crippen LogP contribution in [0.2, 0.25) is 0 Å². The van der Waals surface area contributed by atoms with Gasteiger partial charge < -0.3 is 18.8 Å². The fourth-order valence-corrected chi connectivity index (χ4v) is 14.8. The van der Waals surface area contributed by atoms with E-state index >= 15 is 0 Å². The van der Waals surface area contributed by atoms with Crippen molar-refractivity contribution in [1.29, 1.82) is 0 Å². The highest BCUT2D eigenvalue weighted by atomic mass is 16.3. The molecule has 0 aliphatic carbocycles. The number of aromatic nitrogens is 5. The number of anilines is 6. The number of hydrogen-bond acceptors (Lipinski definition) is 7. The Morgan fingerprint density at radius 3 is 1.51 bits per heavy atom. The molecular formula is C86H54BN7O. The van der Waals surface area contributed by atoms with Crippen molar-refractivity contribution < 1.29 is 4.42 Å². The largest absolute Gasteiger partial charge is 0.455 e. The molecule has 0 bridgehead atoms. The van der Waals surface area contributed by atoms with Crippen LogP contribution in [0.1, 0.15) is 0 Å². The summed E-state index contributed by atoms with van der Waals surface area (Å²) in [5.41, 5.74) is 26.1. The van der Waals surface area contributed by atoms with Gasteiger partial charge in [0.1, 0.15) is 11.2 Å². The molecule has 13 aromatic carbocycles. The number of rotatable bonds is 10. The molecule has 0 N–H and O–H groups in total. The number of para-hydroxylation sites is 6. The molecule has 0 amide bonds. The van der Waals surface area contributed by atoms with Crippen molar-refractivity contribution in [1.82, 2.24) is 24.5 Å². The molecule has 2 aliphatic rings. The summed E-state index contributed by atoms with van der Waals surface area (Å²) in [6.07, 6.45) is 0. The van der Waals surface area contributed by atoms with Crippen LogP contribution in [0.5, 0.6) is 0 Å². The molecule has 2 aliphatic heterocycles. The Morgan fingerprint density at radius 1 is 0.295 bits per heavy atom. The molecule has 19 rings (SSSR count). The maximum Gasteiger partial charge on any atom is 0.252 e. The second kappa shape index (κ2) is 22.0. The highest BCUT2D eigenvalue weighted by Crippen LogP contribution is 2.49. The smallest absolute Gasteiger partial charge is 0.252 e. The third-order valence-corrected chi connectivity index (χ3v) is 19.0. The molecule has 95 heavy (non-hydrogen) atoms. The summed E-state index contributed by atoms with van der Waals surface area (Å²) in [4.78, 5) is 26.9. The minimum atomic E-state index is -0.0506. The SMILES string of the molecule is c1ccc(-c2cc(-c3ccc(-n4c5ccccc5c5c6oc7ccccc7c6ccc54)c(-c4cc(-c5ccccc5)nc(-c5cccc(-c6ccc7c8c6N(c6ccccc6)c6ccccc6B8c6ccccc6N7c6ccccc6)c5)n4)c3)nc(-c3ccccc3)n2)cc1. The second-order valence-electron chi connectivity index (χ2n) is 24.4. The fraction of sp³-hybridized carbons (Fsp3) is 0. The van der Waals surface area contributed by atoms with Crippen LogP contribution in [0.3, 0.4) is 0 Å². The molecule has 0 radical (unpaired) electrons. The Balaban J connectivity index is 0.854. The van der Waals surface area contributed by atoms with Gasteiger partial charge in [-0.3, -0.25) is 0 Å². The average Bonchev–Trinajstić information content (AvgIpc) is 1.09. The van der Waals surface area contributed by atoms with Crippen LogP contribution in [0.4, 0.5) is 34.1 Å². The van der Waals surface area contributed by atoms with Gasteiger partial charge in [-0.15, -0.1) is 0 Å². The Bertz CT molecular complexity index is 5810. The zero-order chi connectivity index (χ0) is 62.5. The average molecular weight is 1210 g/mol. The van der Waals surface area contributed by atoms with Gasteiger partial charge in [-0.1, -0.05) is 231 Å². The van der Waals surface area contributed by atoms with Crippen molar-refractivity contribution in [2.24, 2.45) is 0 Å². The molecule has 17 aromatic rings. The molecular weight excluding hydrogens is 1160 g/mol. The van der Waals surface area contributed by atoms with Gasteiger partial charge in [-0.2, -0.15) is 0 Å². The van der Waals surface area contributed by atoms with Crippen molar-refractivity contribution in [3.63, 3.8) is 0 Å². The Kier molecular flexibility index (Phi) is 12.5. The number of hydrogen-bond donors (Lipinski definition) is 0. The number of nitrogens with zero attached hydrogens (tertiary/aromatic N) is 7. The fourth-order valence-electron chi connectivity index (χ4n) is 14.8.